The van der Waals surface area contributed by atoms with E-state index in [0.717, 1.165) is 12.3 Å². The highest BCUT2D eigenvalue weighted by atomic mass is 31.3. The number of aliphatic hydroxyl groups excluding tert-OH is 5. The molecule has 0 spiro atoms. The maximum absolute atomic E-state index is 12.1. The topological polar surface area (TPSA) is 294 Å². The van der Waals surface area contributed by atoms with Crippen molar-refractivity contribution in [3.8, 4) is 0 Å². The number of rotatable bonds is 9. The van der Waals surface area contributed by atoms with Crippen LogP contribution in [0.4, 0.5) is 0 Å². The summed E-state index contributed by atoms with van der Waals surface area (Å²) >= 11 is 0. The number of hydrogen-bond acceptors (Lipinski definition) is 15. The van der Waals surface area contributed by atoms with Crippen LogP contribution < -0.4 is 11.2 Å². The molecule has 19 nitrogen and oxygen atoms in total. The minimum absolute atomic E-state index is 0.00486. The number of aliphatic hydroxyl groups is 5. The molecular weight excluding hydrogens is 542 g/mol. The highest BCUT2D eigenvalue weighted by Gasteiger charge is 2.49. The predicted molar refractivity (Wildman–Crippen MR) is 108 cm³/mol. The molecule has 0 radical (unpaired) electrons. The molecule has 3 rings (SSSR count). The maximum Gasteiger partial charge on any atom is 0.483 e. The van der Waals surface area contributed by atoms with Crippen LogP contribution in [0.1, 0.15) is 6.23 Å². The Morgan fingerprint density at radius 2 is 1.64 bits per heavy atom. The van der Waals surface area contributed by atoms with Crippen molar-refractivity contribution < 1.29 is 72.1 Å². The van der Waals surface area contributed by atoms with E-state index in [-0.39, 0.29) is 6.29 Å². The van der Waals surface area contributed by atoms with Gasteiger partial charge in [-0.25, -0.2) is 13.9 Å². The van der Waals surface area contributed by atoms with Crippen LogP contribution in [-0.4, -0.2) is 107 Å². The molecule has 0 amide bonds. The predicted octanol–water partition coefficient (Wildman–Crippen LogP) is -4.59. The third-order valence-corrected chi connectivity index (χ3v) is 7.65. The summed E-state index contributed by atoms with van der Waals surface area (Å²) in [6, 6.07) is 0.923. The zero-order chi connectivity index (χ0) is 27.0. The zero-order valence-corrected chi connectivity index (χ0v) is 19.5. The lowest BCUT2D eigenvalue weighted by atomic mass is 10.00. The van der Waals surface area contributed by atoms with Crippen LogP contribution in [0.25, 0.3) is 0 Å². The van der Waals surface area contributed by atoms with Gasteiger partial charge in [-0.15, -0.1) is 0 Å². The van der Waals surface area contributed by atoms with E-state index < -0.39 is 88.7 Å². The summed E-state index contributed by atoms with van der Waals surface area (Å²) in [6.07, 6.45) is -16.0. The second-order valence-electron chi connectivity index (χ2n) is 7.56. The molecule has 2 fully saturated rings. The quantitative estimate of drug-likeness (QED) is 0.103. The number of carbonyl (C=O) groups is 1. The van der Waals surface area contributed by atoms with Crippen molar-refractivity contribution in [1.82, 2.24) is 9.55 Å². The first kappa shape index (κ1) is 28.9. The van der Waals surface area contributed by atoms with Crippen LogP contribution in [0.2, 0.25) is 0 Å². The van der Waals surface area contributed by atoms with Gasteiger partial charge in [-0.2, -0.15) is 4.31 Å². The molecule has 2 saturated heterocycles. The van der Waals surface area contributed by atoms with Crippen molar-refractivity contribution in [2.75, 3.05) is 6.61 Å². The Morgan fingerprint density at radius 3 is 2.25 bits per heavy atom. The summed E-state index contributed by atoms with van der Waals surface area (Å²) in [6.45, 7) is -1.04. The normalized spacial score (nSPS) is 38.2. The first-order chi connectivity index (χ1) is 16.7. The van der Waals surface area contributed by atoms with Crippen LogP contribution in [0, 0.1) is 0 Å². The number of H-pyrrole nitrogens is 1. The third-order valence-electron chi connectivity index (χ3n) is 5.05. The number of ether oxygens (including phenoxy) is 2. The second-order valence-corrected chi connectivity index (χ2v) is 10.6. The van der Waals surface area contributed by atoms with E-state index in [4.69, 9.17) is 9.47 Å². The first-order valence-corrected chi connectivity index (χ1v) is 12.8. The lowest BCUT2D eigenvalue weighted by Crippen LogP contribution is -2.58. The Bertz CT molecular complexity index is 1160. The van der Waals surface area contributed by atoms with Gasteiger partial charge in [0.1, 0.15) is 42.7 Å². The van der Waals surface area contributed by atoms with Crippen molar-refractivity contribution in [3.63, 3.8) is 0 Å². The lowest BCUT2D eigenvalue weighted by molar-refractivity contribution is -0.266. The van der Waals surface area contributed by atoms with Crippen molar-refractivity contribution in [3.05, 3.63) is 33.1 Å². The Morgan fingerprint density at radius 1 is 0.972 bits per heavy atom. The minimum Gasteiger partial charge on any atom is -0.387 e. The fourth-order valence-corrected chi connectivity index (χ4v) is 5.43. The Balaban J connectivity index is 1.62. The van der Waals surface area contributed by atoms with Gasteiger partial charge in [0.05, 0.1) is 6.61 Å². The number of hydrogen-bond donors (Lipinski definition) is 8. The van der Waals surface area contributed by atoms with Crippen LogP contribution in [-0.2, 0) is 36.8 Å². The van der Waals surface area contributed by atoms with Crippen molar-refractivity contribution >= 4 is 21.9 Å². The molecular formula is C15H22N2O17P2. The second kappa shape index (κ2) is 11.0. The molecule has 0 saturated carbocycles. The standard InChI is InChI=1S/C15H22N2O17P2/c18-3-5-8(20)10(22)12(24)14(32-5)33-36(28,29)34-35(26,27)30-4-6-9(21)11(23)13(31-6)17-2-1-7(19)16-15(17)25/h1-3,5-6,8-14,20-24H,4H2,(H,26,27)(H,28,29)(H,16,19,25)/t5-,6-,8+,9-,10+,11-,12-,13-,14?/m1/s1. The van der Waals surface area contributed by atoms with E-state index in [1.54, 1.807) is 0 Å². The fourth-order valence-electron chi connectivity index (χ4n) is 3.27. The fraction of sp³-hybridized carbons (Fsp3) is 0.667. The van der Waals surface area contributed by atoms with Gasteiger partial charge in [0.15, 0.2) is 18.8 Å². The van der Waals surface area contributed by atoms with Gasteiger partial charge in [-0.1, -0.05) is 0 Å². The molecule has 1 aromatic heterocycles. The average molecular weight is 564 g/mol. The van der Waals surface area contributed by atoms with Gasteiger partial charge in [0.2, 0.25) is 0 Å². The van der Waals surface area contributed by atoms with Gasteiger partial charge < -0.3 is 49.6 Å². The molecule has 3 heterocycles. The minimum atomic E-state index is -5.63. The van der Waals surface area contributed by atoms with Gasteiger partial charge in [-0.3, -0.25) is 23.4 Å². The lowest BCUT2D eigenvalue weighted by Gasteiger charge is -2.38. The molecule has 3 unspecified atom stereocenters. The van der Waals surface area contributed by atoms with E-state index in [2.05, 4.69) is 13.4 Å². The highest BCUT2D eigenvalue weighted by Crippen LogP contribution is 2.61. The number of aldehydes is 1. The van der Waals surface area contributed by atoms with E-state index in [9.17, 15) is 58.8 Å². The molecule has 2 aliphatic rings. The van der Waals surface area contributed by atoms with Gasteiger partial charge in [0.25, 0.3) is 5.56 Å². The van der Waals surface area contributed by atoms with Gasteiger partial charge >= 0.3 is 21.3 Å². The SMILES string of the molecule is O=C[C@H]1OC(OP(=O)(O)OP(=O)(O)OC[C@H]2O[C@@H](n3ccc(=O)[nH]c3=O)[C@H](O)[C@@H]2O)[C@H](O)[C@@H](O)[C@H]1O. The average Bonchev–Trinajstić information content (AvgIpc) is 3.06. The summed E-state index contributed by atoms with van der Waals surface area (Å²) in [5.74, 6) is 0. The molecule has 2 aliphatic heterocycles. The smallest absolute Gasteiger partial charge is 0.387 e. The molecule has 0 bridgehead atoms. The van der Waals surface area contributed by atoms with Gasteiger partial charge in [0, 0.05) is 12.3 Å². The number of carbonyl (C=O) groups excluding carboxylic acids is 1. The molecule has 204 valence electrons. The van der Waals surface area contributed by atoms with E-state index in [1.165, 1.54) is 0 Å². The van der Waals surface area contributed by atoms with Crippen molar-refractivity contribution in [2.45, 2.75) is 55.2 Å². The van der Waals surface area contributed by atoms with E-state index >= 15 is 0 Å². The molecule has 0 aliphatic carbocycles. The zero-order valence-electron chi connectivity index (χ0n) is 17.7. The summed E-state index contributed by atoms with van der Waals surface area (Å²) in [4.78, 5) is 55.3. The maximum atomic E-state index is 12.1. The third kappa shape index (κ3) is 6.42. The molecule has 36 heavy (non-hydrogen) atoms. The number of phosphoric acid groups is 2. The van der Waals surface area contributed by atoms with Crippen LogP contribution in [0.15, 0.2) is 21.9 Å². The monoisotopic (exact) mass is 564 g/mol. The Kier molecular flexibility index (Phi) is 8.81. The molecule has 11 atom stereocenters. The van der Waals surface area contributed by atoms with Crippen molar-refractivity contribution in [1.29, 1.82) is 0 Å². The highest BCUT2D eigenvalue weighted by molar-refractivity contribution is 7.61. The summed E-state index contributed by atoms with van der Waals surface area (Å²) in [5.41, 5.74) is -1.76. The van der Waals surface area contributed by atoms with Crippen LogP contribution in [0.3, 0.4) is 0 Å². The van der Waals surface area contributed by atoms with Gasteiger partial charge in [-0.05, 0) is 0 Å². The van der Waals surface area contributed by atoms with Crippen molar-refractivity contribution in [2.24, 2.45) is 0 Å². The Hall–Kier alpha value is -1.67. The number of phosphoric ester groups is 2. The number of nitrogens with one attached hydrogen (secondary N) is 1. The Labute approximate surface area is 199 Å². The summed E-state index contributed by atoms with van der Waals surface area (Å²) < 4.78 is 47.8. The summed E-state index contributed by atoms with van der Waals surface area (Å²) in [5, 5.41) is 49.3. The van der Waals surface area contributed by atoms with E-state index in [0.29, 0.717) is 4.57 Å². The largest absolute Gasteiger partial charge is 0.483 e. The molecule has 0 aromatic carbocycles. The molecule has 21 heteroatoms. The van der Waals surface area contributed by atoms with Crippen LogP contribution >= 0.6 is 15.6 Å². The van der Waals surface area contributed by atoms with Crippen LogP contribution in [0.5, 0.6) is 0 Å². The first-order valence-electron chi connectivity index (χ1n) is 9.83. The molecule has 8 N–H and O–H groups in total. The number of nitrogens with zero attached hydrogens (tertiary/aromatic N) is 1. The van der Waals surface area contributed by atoms with E-state index in [1.807, 2.05) is 4.98 Å². The summed E-state index contributed by atoms with van der Waals surface area (Å²) in [7, 11) is -11.1. The number of aromatic nitrogens is 2. The number of aromatic amines is 1. The molecule has 1 aromatic rings.